The van der Waals surface area contributed by atoms with E-state index in [1.165, 1.54) is 0 Å². The van der Waals surface area contributed by atoms with Crippen molar-refractivity contribution in [3.05, 3.63) is 52.0 Å². The lowest BCUT2D eigenvalue weighted by Crippen LogP contribution is -2.14. The molecule has 5 nitrogen and oxygen atoms in total. The van der Waals surface area contributed by atoms with Crippen molar-refractivity contribution in [1.82, 2.24) is 0 Å². The molecule has 0 aliphatic heterocycles. The molecule has 0 spiro atoms. The predicted molar refractivity (Wildman–Crippen MR) is 108 cm³/mol. The summed E-state index contributed by atoms with van der Waals surface area (Å²) in [6.45, 7) is 3.23. The average molecular weight is 412 g/mol. The molecule has 1 N–H and O–H groups in total. The van der Waals surface area contributed by atoms with Gasteiger partial charge in [-0.3, -0.25) is 4.79 Å². The first-order valence-corrected chi connectivity index (χ1v) is 9.35. The van der Waals surface area contributed by atoms with E-state index in [-0.39, 0.29) is 5.91 Å². The molecule has 27 heavy (non-hydrogen) atoms. The molecule has 146 valence electrons. The maximum Gasteiger partial charge on any atom is 0.224 e. The van der Waals surface area contributed by atoms with E-state index >= 15 is 0 Å². The van der Waals surface area contributed by atoms with E-state index in [0.717, 1.165) is 5.56 Å². The molecular weight excluding hydrogens is 389 g/mol. The number of amides is 1. The van der Waals surface area contributed by atoms with Crippen LogP contribution in [0.25, 0.3) is 0 Å². The monoisotopic (exact) mass is 411 g/mol. The minimum atomic E-state index is -0.110. The number of carbonyl (C=O) groups excluding carboxylic acids is 1. The minimum Gasteiger partial charge on any atom is -0.492 e. The van der Waals surface area contributed by atoms with Crippen LogP contribution in [0.1, 0.15) is 18.4 Å². The largest absolute Gasteiger partial charge is 0.492 e. The van der Waals surface area contributed by atoms with E-state index in [9.17, 15) is 4.79 Å². The molecule has 0 saturated carbocycles. The molecule has 0 atom stereocenters. The summed E-state index contributed by atoms with van der Waals surface area (Å²) in [6.07, 6.45) is 0.868. The normalized spacial score (nSPS) is 10.5. The van der Waals surface area contributed by atoms with E-state index in [0.29, 0.717) is 59.9 Å². The smallest absolute Gasteiger partial charge is 0.224 e. The second-order valence-corrected chi connectivity index (χ2v) is 6.76. The molecule has 0 radical (unpaired) electrons. The number of benzene rings is 2. The van der Waals surface area contributed by atoms with Crippen LogP contribution in [0.4, 0.5) is 5.69 Å². The summed E-state index contributed by atoms with van der Waals surface area (Å²) < 4.78 is 16.3. The fourth-order valence-corrected chi connectivity index (χ4v) is 2.77. The van der Waals surface area contributed by atoms with Crippen molar-refractivity contribution in [3.8, 4) is 11.5 Å². The van der Waals surface area contributed by atoms with Gasteiger partial charge in [0.25, 0.3) is 0 Å². The summed E-state index contributed by atoms with van der Waals surface area (Å²) in [5, 5.41) is 3.88. The molecule has 0 unspecified atom stereocenters. The maximum atomic E-state index is 12.2. The second kappa shape index (κ2) is 11.0. The van der Waals surface area contributed by atoms with Gasteiger partial charge in [0.15, 0.2) is 0 Å². The van der Waals surface area contributed by atoms with Gasteiger partial charge in [0.2, 0.25) is 5.91 Å². The zero-order valence-electron chi connectivity index (χ0n) is 15.4. The van der Waals surface area contributed by atoms with Crippen molar-refractivity contribution in [2.24, 2.45) is 0 Å². The topological polar surface area (TPSA) is 56.8 Å². The number of hydrogen-bond donors (Lipinski definition) is 1. The van der Waals surface area contributed by atoms with Gasteiger partial charge in [0.05, 0.1) is 23.9 Å². The minimum absolute atomic E-state index is 0.110. The number of halogens is 2. The van der Waals surface area contributed by atoms with E-state index in [1.54, 1.807) is 25.3 Å². The highest BCUT2D eigenvalue weighted by Gasteiger charge is 2.09. The number of methoxy groups -OCH3 is 1. The molecule has 1 amide bonds. The standard InChI is InChI=1S/C20H23Cl2NO4/c1-14-5-7-17(19(12-14)27-11-10-25-2)23-20(24)4-3-9-26-18-8-6-15(21)13-16(18)22/h5-8,12-13H,3-4,9-11H2,1-2H3,(H,23,24). The lowest BCUT2D eigenvalue weighted by Gasteiger charge is -2.13. The Labute approximate surface area is 169 Å². The zero-order valence-corrected chi connectivity index (χ0v) is 16.9. The SMILES string of the molecule is COCCOc1cc(C)ccc1NC(=O)CCCOc1ccc(Cl)cc1Cl. The Hall–Kier alpha value is -1.95. The van der Waals surface area contributed by atoms with Crippen LogP contribution < -0.4 is 14.8 Å². The quantitative estimate of drug-likeness (QED) is 0.550. The Kier molecular flexibility index (Phi) is 8.72. The highest BCUT2D eigenvalue weighted by Crippen LogP contribution is 2.28. The van der Waals surface area contributed by atoms with Gasteiger partial charge in [-0.2, -0.15) is 0 Å². The highest BCUT2D eigenvalue weighted by molar-refractivity contribution is 6.35. The summed E-state index contributed by atoms with van der Waals surface area (Å²) in [5.41, 5.74) is 1.69. The molecule has 0 saturated heterocycles. The molecule has 2 aromatic carbocycles. The van der Waals surface area contributed by atoms with Crippen LogP contribution in [-0.2, 0) is 9.53 Å². The van der Waals surface area contributed by atoms with Crippen molar-refractivity contribution >= 4 is 34.8 Å². The first kappa shape index (κ1) is 21.4. The Balaban J connectivity index is 1.81. The van der Waals surface area contributed by atoms with Gasteiger partial charge in [0, 0.05) is 18.6 Å². The molecule has 2 aromatic rings. The van der Waals surface area contributed by atoms with Gasteiger partial charge in [-0.25, -0.2) is 0 Å². The molecule has 0 aromatic heterocycles. The third-order valence-corrected chi connectivity index (χ3v) is 4.19. The van der Waals surface area contributed by atoms with Crippen LogP contribution in [-0.4, -0.2) is 32.8 Å². The molecule has 2 rings (SSSR count). The van der Waals surface area contributed by atoms with Gasteiger partial charge in [-0.1, -0.05) is 29.3 Å². The Morgan fingerprint density at radius 1 is 1.00 bits per heavy atom. The third kappa shape index (κ3) is 7.29. The van der Waals surface area contributed by atoms with Crippen molar-refractivity contribution in [1.29, 1.82) is 0 Å². The number of nitrogens with one attached hydrogen (secondary N) is 1. The summed E-state index contributed by atoms with van der Waals surface area (Å²) in [4.78, 5) is 12.2. The summed E-state index contributed by atoms with van der Waals surface area (Å²) in [6, 6.07) is 10.7. The predicted octanol–water partition coefficient (Wildman–Crippen LogP) is 5.12. The molecular formula is C20H23Cl2NO4. The van der Waals surface area contributed by atoms with Crippen LogP contribution in [0.15, 0.2) is 36.4 Å². The maximum absolute atomic E-state index is 12.2. The van der Waals surface area contributed by atoms with Crippen LogP contribution in [0.5, 0.6) is 11.5 Å². The molecule has 0 fully saturated rings. The van der Waals surface area contributed by atoms with E-state index < -0.39 is 0 Å². The molecule has 0 aliphatic rings. The van der Waals surface area contributed by atoms with Crippen molar-refractivity contribution in [3.63, 3.8) is 0 Å². The Morgan fingerprint density at radius 2 is 1.78 bits per heavy atom. The van der Waals surface area contributed by atoms with Gasteiger partial charge < -0.3 is 19.5 Å². The van der Waals surface area contributed by atoms with Gasteiger partial charge >= 0.3 is 0 Å². The second-order valence-electron chi connectivity index (χ2n) is 5.92. The average Bonchev–Trinajstić information content (AvgIpc) is 2.62. The summed E-state index contributed by atoms with van der Waals surface area (Å²) in [7, 11) is 1.61. The summed E-state index contributed by atoms with van der Waals surface area (Å²) in [5.74, 6) is 1.07. The van der Waals surface area contributed by atoms with Crippen LogP contribution in [0.2, 0.25) is 10.0 Å². The van der Waals surface area contributed by atoms with Gasteiger partial charge in [0.1, 0.15) is 18.1 Å². The number of rotatable bonds is 10. The van der Waals surface area contributed by atoms with Crippen LogP contribution in [0, 0.1) is 6.92 Å². The fraction of sp³-hybridized carbons (Fsp3) is 0.350. The first-order valence-electron chi connectivity index (χ1n) is 8.59. The zero-order chi connectivity index (χ0) is 19.6. The molecule has 0 aliphatic carbocycles. The molecule has 7 heteroatoms. The van der Waals surface area contributed by atoms with Gasteiger partial charge in [-0.05, 0) is 49.2 Å². The number of carbonyl (C=O) groups is 1. The third-order valence-electron chi connectivity index (χ3n) is 3.66. The van der Waals surface area contributed by atoms with E-state index in [4.69, 9.17) is 37.4 Å². The number of anilines is 1. The van der Waals surface area contributed by atoms with Crippen molar-refractivity contribution in [2.75, 3.05) is 32.2 Å². The fourth-order valence-electron chi connectivity index (χ4n) is 2.31. The Morgan fingerprint density at radius 3 is 2.52 bits per heavy atom. The molecule has 0 heterocycles. The lowest BCUT2D eigenvalue weighted by molar-refractivity contribution is -0.116. The van der Waals surface area contributed by atoms with E-state index in [1.807, 2.05) is 25.1 Å². The van der Waals surface area contributed by atoms with Crippen LogP contribution >= 0.6 is 23.2 Å². The first-order chi connectivity index (χ1) is 13.0. The number of aryl methyl sites for hydroxylation is 1. The van der Waals surface area contributed by atoms with Crippen LogP contribution in [0.3, 0.4) is 0 Å². The molecule has 0 bridgehead atoms. The van der Waals surface area contributed by atoms with Crippen molar-refractivity contribution in [2.45, 2.75) is 19.8 Å². The summed E-state index contributed by atoms with van der Waals surface area (Å²) >= 11 is 11.9. The highest BCUT2D eigenvalue weighted by atomic mass is 35.5. The number of ether oxygens (including phenoxy) is 3. The van der Waals surface area contributed by atoms with Gasteiger partial charge in [-0.15, -0.1) is 0 Å². The Bertz CT molecular complexity index is 768. The lowest BCUT2D eigenvalue weighted by atomic mass is 10.2. The number of hydrogen-bond acceptors (Lipinski definition) is 4. The van der Waals surface area contributed by atoms with E-state index in [2.05, 4.69) is 5.32 Å². The van der Waals surface area contributed by atoms with Crippen molar-refractivity contribution < 1.29 is 19.0 Å².